The summed E-state index contributed by atoms with van der Waals surface area (Å²) in [4.78, 5) is 26.4. The number of benzene rings is 2. The zero-order chi connectivity index (χ0) is 17.8. The molecule has 0 aromatic heterocycles. The summed E-state index contributed by atoms with van der Waals surface area (Å²) in [6.45, 7) is 2.14. The third-order valence-corrected chi connectivity index (χ3v) is 4.80. The van der Waals surface area contributed by atoms with E-state index in [1.54, 1.807) is 24.3 Å². The van der Waals surface area contributed by atoms with Crippen LogP contribution in [-0.2, 0) is 11.3 Å². The van der Waals surface area contributed by atoms with Crippen molar-refractivity contribution >= 4 is 40.6 Å². The van der Waals surface area contributed by atoms with Gasteiger partial charge >= 0.3 is 0 Å². The number of hydrogen-bond donors (Lipinski definition) is 0. The molecule has 0 aliphatic carbocycles. The minimum atomic E-state index is -0.268. The van der Waals surface area contributed by atoms with Crippen LogP contribution in [0.2, 0.25) is 5.02 Å². The second-order valence-electron chi connectivity index (χ2n) is 5.70. The summed E-state index contributed by atoms with van der Waals surface area (Å²) in [5.74, 6) is -0.268. The largest absolute Gasteiger partial charge is 0.293 e. The summed E-state index contributed by atoms with van der Waals surface area (Å²) >= 11 is 6.93. The number of thioether (sulfide) groups is 1. The lowest BCUT2D eigenvalue weighted by Gasteiger charge is -2.12. The molecule has 3 nitrogen and oxygen atoms in total. The monoisotopic (exact) mass is 369 g/mol. The van der Waals surface area contributed by atoms with Gasteiger partial charge in [0.15, 0.2) is 0 Å². The predicted octanol–water partition coefficient (Wildman–Crippen LogP) is 5.52. The minimum Gasteiger partial charge on any atom is -0.268 e. The van der Waals surface area contributed by atoms with Gasteiger partial charge in [0.2, 0.25) is 0 Å². The maximum Gasteiger partial charge on any atom is 0.293 e. The molecular weight excluding hydrogens is 354 g/mol. The van der Waals surface area contributed by atoms with Crippen molar-refractivity contribution in [1.82, 2.24) is 4.90 Å². The van der Waals surface area contributed by atoms with Gasteiger partial charge in [0.1, 0.15) is 0 Å². The Kier molecular flexibility index (Phi) is 5.41. The second-order valence-corrected chi connectivity index (χ2v) is 7.13. The van der Waals surface area contributed by atoms with Crippen molar-refractivity contribution in [2.75, 3.05) is 0 Å². The summed E-state index contributed by atoms with van der Waals surface area (Å²) in [6, 6.07) is 17.0. The molecule has 0 unspecified atom stereocenters. The van der Waals surface area contributed by atoms with E-state index in [1.807, 2.05) is 49.4 Å². The Morgan fingerprint density at radius 3 is 2.60 bits per heavy atom. The van der Waals surface area contributed by atoms with Crippen LogP contribution in [0.1, 0.15) is 18.1 Å². The Bertz CT molecular complexity index is 874. The van der Waals surface area contributed by atoms with E-state index in [-0.39, 0.29) is 17.7 Å². The molecule has 0 atom stereocenters. The lowest BCUT2D eigenvalue weighted by molar-refractivity contribution is -0.123. The fourth-order valence-corrected chi connectivity index (χ4v) is 3.62. The average molecular weight is 370 g/mol. The molecule has 2 amide bonds. The standard InChI is InChI=1S/C20H16ClNO2S/c1-14(10-15-6-3-2-4-7-15)11-18-19(23)22(20(24)25-18)13-16-8-5-9-17(21)12-16/h2-12H,13H2,1H3/b14-10+,18-11-. The highest BCUT2D eigenvalue weighted by molar-refractivity contribution is 8.18. The molecule has 1 saturated heterocycles. The average Bonchev–Trinajstić information content (AvgIpc) is 2.83. The van der Waals surface area contributed by atoms with Gasteiger partial charge in [0.05, 0.1) is 11.4 Å². The molecule has 1 aliphatic rings. The zero-order valence-electron chi connectivity index (χ0n) is 13.6. The normalized spacial score (nSPS) is 16.8. The number of carbonyl (C=O) groups is 2. The van der Waals surface area contributed by atoms with Crippen LogP contribution in [-0.4, -0.2) is 16.0 Å². The number of halogens is 1. The van der Waals surface area contributed by atoms with Crippen molar-refractivity contribution in [2.45, 2.75) is 13.5 Å². The molecule has 0 bridgehead atoms. The number of hydrogen-bond acceptors (Lipinski definition) is 3. The van der Waals surface area contributed by atoms with Gasteiger partial charge in [-0.25, -0.2) is 0 Å². The van der Waals surface area contributed by atoms with Gasteiger partial charge in [-0.05, 0) is 53.6 Å². The zero-order valence-corrected chi connectivity index (χ0v) is 15.2. The van der Waals surface area contributed by atoms with Crippen LogP contribution in [0.5, 0.6) is 0 Å². The van der Waals surface area contributed by atoms with E-state index >= 15 is 0 Å². The van der Waals surface area contributed by atoms with E-state index in [0.29, 0.717) is 9.93 Å². The first-order valence-electron chi connectivity index (χ1n) is 7.76. The summed E-state index contributed by atoms with van der Waals surface area (Å²) in [5.41, 5.74) is 2.79. The van der Waals surface area contributed by atoms with E-state index in [2.05, 4.69) is 0 Å². The first kappa shape index (κ1) is 17.5. The third-order valence-electron chi connectivity index (χ3n) is 3.66. The molecule has 25 heavy (non-hydrogen) atoms. The number of allylic oxidation sites excluding steroid dienone is 2. The van der Waals surface area contributed by atoms with Crippen LogP contribution < -0.4 is 0 Å². The van der Waals surface area contributed by atoms with Crippen molar-refractivity contribution in [3.8, 4) is 0 Å². The molecule has 0 spiro atoms. The number of carbonyl (C=O) groups excluding carboxylic acids is 2. The molecule has 5 heteroatoms. The number of amides is 2. The highest BCUT2D eigenvalue weighted by Gasteiger charge is 2.34. The van der Waals surface area contributed by atoms with Crippen molar-refractivity contribution in [3.05, 3.63) is 87.3 Å². The Labute approximate surface area is 156 Å². The number of rotatable bonds is 4. The second kappa shape index (κ2) is 7.72. The van der Waals surface area contributed by atoms with E-state index in [4.69, 9.17) is 11.6 Å². The van der Waals surface area contributed by atoms with Crippen LogP contribution in [0.15, 0.2) is 71.2 Å². The predicted molar refractivity (Wildman–Crippen MR) is 103 cm³/mol. The first-order chi connectivity index (χ1) is 12.0. The molecule has 0 radical (unpaired) electrons. The topological polar surface area (TPSA) is 37.4 Å². The van der Waals surface area contributed by atoms with E-state index in [9.17, 15) is 9.59 Å². The van der Waals surface area contributed by atoms with Crippen molar-refractivity contribution in [1.29, 1.82) is 0 Å². The van der Waals surface area contributed by atoms with Crippen LogP contribution in [0.25, 0.3) is 6.08 Å². The summed E-state index contributed by atoms with van der Waals surface area (Å²) < 4.78 is 0. The number of nitrogens with zero attached hydrogens (tertiary/aromatic N) is 1. The molecule has 1 heterocycles. The SMILES string of the molecule is CC(/C=C1\SC(=O)N(Cc2cccc(Cl)c2)C1=O)=C\c1ccccc1. The molecule has 3 rings (SSSR count). The highest BCUT2D eigenvalue weighted by atomic mass is 35.5. The van der Waals surface area contributed by atoms with E-state index < -0.39 is 0 Å². The van der Waals surface area contributed by atoms with Gasteiger partial charge in [-0.2, -0.15) is 0 Å². The van der Waals surface area contributed by atoms with Gasteiger partial charge in [0, 0.05) is 5.02 Å². The molecule has 0 N–H and O–H groups in total. The van der Waals surface area contributed by atoms with Gasteiger partial charge in [0.25, 0.3) is 11.1 Å². The van der Waals surface area contributed by atoms with Gasteiger partial charge in [-0.3, -0.25) is 14.5 Å². The smallest absolute Gasteiger partial charge is 0.268 e. The molecule has 1 fully saturated rings. The molecule has 2 aromatic rings. The van der Waals surface area contributed by atoms with Crippen LogP contribution in [0.3, 0.4) is 0 Å². The van der Waals surface area contributed by atoms with Crippen molar-refractivity contribution in [3.63, 3.8) is 0 Å². The highest BCUT2D eigenvalue weighted by Crippen LogP contribution is 2.33. The fourth-order valence-electron chi connectivity index (χ4n) is 2.51. The van der Waals surface area contributed by atoms with Gasteiger partial charge in [-0.15, -0.1) is 0 Å². The van der Waals surface area contributed by atoms with E-state index in [0.717, 1.165) is 28.5 Å². The summed E-state index contributed by atoms with van der Waals surface area (Å²) in [6.07, 6.45) is 3.74. The Morgan fingerprint density at radius 2 is 1.88 bits per heavy atom. The lowest BCUT2D eigenvalue weighted by Crippen LogP contribution is -2.27. The third kappa shape index (κ3) is 4.41. The molecule has 2 aromatic carbocycles. The van der Waals surface area contributed by atoms with Gasteiger partial charge < -0.3 is 0 Å². The molecular formula is C20H16ClNO2S. The van der Waals surface area contributed by atoms with Gasteiger partial charge in [-0.1, -0.05) is 60.1 Å². The summed E-state index contributed by atoms with van der Waals surface area (Å²) in [5, 5.41) is 0.324. The molecule has 1 aliphatic heterocycles. The van der Waals surface area contributed by atoms with Crippen LogP contribution >= 0.6 is 23.4 Å². The fraction of sp³-hybridized carbons (Fsp3) is 0.100. The Morgan fingerprint density at radius 1 is 1.12 bits per heavy atom. The summed E-state index contributed by atoms with van der Waals surface area (Å²) in [7, 11) is 0. The van der Waals surface area contributed by atoms with Crippen molar-refractivity contribution in [2.24, 2.45) is 0 Å². The maximum absolute atomic E-state index is 12.5. The minimum absolute atomic E-state index is 0.226. The Hall–Kier alpha value is -2.30. The molecule has 0 saturated carbocycles. The van der Waals surface area contributed by atoms with Crippen molar-refractivity contribution < 1.29 is 9.59 Å². The first-order valence-corrected chi connectivity index (χ1v) is 8.95. The van der Waals surface area contributed by atoms with E-state index in [1.165, 1.54) is 4.90 Å². The molecule has 126 valence electrons. The Balaban J connectivity index is 1.77. The maximum atomic E-state index is 12.5. The number of imide groups is 1. The van der Waals surface area contributed by atoms with Crippen LogP contribution in [0, 0.1) is 0 Å². The lowest BCUT2D eigenvalue weighted by atomic mass is 10.1. The quantitative estimate of drug-likeness (QED) is 0.665. The van der Waals surface area contributed by atoms with Crippen LogP contribution in [0.4, 0.5) is 4.79 Å².